The lowest BCUT2D eigenvalue weighted by molar-refractivity contribution is 0.572. The van der Waals surface area contributed by atoms with Gasteiger partial charge in [-0.15, -0.1) is 0 Å². The monoisotopic (exact) mass is 297 g/mol. The predicted molar refractivity (Wildman–Crippen MR) is 84.9 cm³/mol. The van der Waals surface area contributed by atoms with Crippen molar-refractivity contribution in [1.82, 2.24) is 10.3 Å². The molecule has 0 saturated carbocycles. The van der Waals surface area contributed by atoms with Gasteiger partial charge in [-0.3, -0.25) is 0 Å². The molecule has 0 unspecified atom stereocenters. The average molecular weight is 297 g/mol. The van der Waals surface area contributed by atoms with E-state index in [9.17, 15) is 4.39 Å². The number of hydrogen-bond acceptors (Lipinski definition) is 4. The molecule has 0 amide bonds. The quantitative estimate of drug-likeness (QED) is 0.924. The largest absolute Gasteiger partial charge is 0.353 e. The van der Waals surface area contributed by atoms with Crippen LogP contribution in [0.25, 0.3) is 0 Å². The van der Waals surface area contributed by atoms with Crippen molar-refractivity contribution in [2.24, 2.45) is 0 Å². The molecule has 2 rings (SSSR count). The van der Waals surface area contributed by atoms with E-state index in [0.717, 1.165) is 31.8 Å². The van der Waals surface area contributed by atoms with Crippen molar-refractivity contribution < 1.29 is 4.39 Å². The van der Waals surface area contributed by atoms with Gasteiger partial charge in [0.1, 0.15) is 0 Å². The van der Waals surface area contributed by atoms with Gasteiger partial charge in [0.05, 0.1) is 0 Å². The maximum atomic E-state index is 14.6. The molecule has 0 aromatic carbocycles. The Morgan fingerprint density at radius 2 is 2.25 bits per heavy atom. The van der Waals surface area contributed by atoms with Gasteiger partial charge in [0.15, 0.2) is 11.6 Å². The Kier molecular flexibility index (Phi) is 5.27. The van der Waals surface area contributed by atoms with Crippen LogP contribution in [0.15, 0.2) is 12.3 Å². The van der Waals surface area contributed by atoms with Crippen LogP contribution in [-0.4, -0.2) is 35.1 Å². The zero-order valence-corrected chi connectivity index (χ0v) is 13.4. The molecule has 0 spiro atoms. The van der Waals surface area contributed by atoms with Gasteiger partial charge in [0.2, 0.25) is 0 Å². The summed E-state index contributed by atoms with van der Waals surface area (Å²) >= 11 is 1.96. The summed E-state index contributed by atoms with van der Waals surface area (Å²) < 4.78 is 14.8. The number of nitrogens with one attached hydrogen (secondary N) is 1. The topological polar surface area (TPSA) is 28.2 Å². The number of pyridine rings is 1. The molecule has 20 heavy (non-hydrogen) atoms. The second-order valence-corrected chi connectivity index (χ2v) is 7.54. The molecule has 1 fully saturated rings. The van der Waals surface area contributed by atoms with Gasteiger partial charge in [-0.2, -0.15) is 11.8 Å². The van der Waals surface area contributed by atoms with E-state index in [-0.39, 0.29) is 10.6 Å². The average Bonchev–Trinajstić information content (AvgIpc) is 2.59. The molecule has 3 nitrogen and oxygen atoms in total. The minimum atomic E-state index is -0.168. The van der Waals surface area contributed by atoms with Gasteiger partial charge >= 0.3 is 0 Å². The maximum Gasteiger partial charge on any atom is 0.170 e. The van der Waals surface area contributed by atoms with Crippen molar-refractivity contribution in [3.05, 3.63) is 23.6 Å². The molecule has 1 aliphatic heterocycles. The summed E-state index contributed by atoms with van der Waals surface area (Å²) in [6.07, 6.45) is 2.77. The van der Waals surface area contributed by atoms with Crippen molar-refractivity contribution in [2.45, 2.75) is 38.5 Å². The fraction of sp³-hybridized carbons (Fsp3) is 0.667. The minimum Gasteiger partial charge on any atom is -0.353 e. The molecular formula is C15H24FN3S. The van der Waals surface area contributed by atoms with Gasteiger partial charge in [-0.25, -0.2) is 9.37 Å². The number of nitrogens with zero attached hydrogens (tertiary/aromatic N) is 2. The summed E-state index contributed by atoms with van der Waals surface area (Å²) in [7, 11) is 0. The molecule has 5 heteroatoms. The van der Waals surface area contributed by atoms with E-state index in [2.05, 4.69) is 29.0 Å². The highest BCUT2D eigenvalue weighted by molar-refractivity contribution is 8.00. The molecular weight excluding hydrogens is 273 g/mol. The zero-order valence-electron chi connectivity index (χ0n) is 12.6. The number of anilines is 1. The molecule has 1 saturated heterocycles. The first-order chi connectivity index (χ1) is 9.53. The Morgan fingerprint density at radius 1 is 1.45 bits per heavy atom. The van der Waals surface area contributed by atoms with Crippen molar-refractivity contribution in [1.29, 1.82) is 0 Å². The fourth-order valence-electron chi connectivity index (χ4n) is 2.32. The van der Waals surface area contributed by atoms with E-state index in [1.807, 2.05) is 18.7 Å². The fourth-order valence-corrected chi connectivity index (χ4v) is 3.42. The highest BCUT2D eigenvalue weighted by Gasteiger charge is 2.25. The van der Waals surface area contributed by atoms with Crippen molar-refractivity contribution in [3.63, 3.8) is 0 Å². The molecule has 1 aromatic heterocycles. The molecule has 0 bridgehead atoms. The van der Waals surface area contributed by atoms with Crippen LogP contribution >= 0.6 is 11.8 Å². The minimum absolute atomic E-state index is 0.168. The van der Waals surface area contributed by atoms with Gasteiger partial charge < -0.3 is 10.2 Å². The van der Waals surface area contributed by atoms with Gasteiger partial charge in [-0.1, -0.05) is 20.8 Å². The van der Waals surface area contributed by atoms with Crippen LogP contribution < -0.4 is 10.2 Å². The third-order valence-electron chi connectivity index (χ3n) is 3.65. The Balaban J connectivity index is 2.15. The number of rotatable bonds is 4. The zero-order chi connectivity index (χ0) is 14.6. The Bertz CT molecular complexity index is 451. The van der Waals surface area contributed by atoms with Crippen molar-refractivity contribution >= 4 is 17.6 Å². The van der Waals surface area contributed by atoms with Gasteiger partial charge in [0.25, 0.3) is 0 Å². The first kappa shape index (κ1) is 15.6. The van der Waals surface area contributed by atoms with Crippen LogP contribution in [0, 0.1) is 5.82 Å². The molecule has 112 valence electrons. The highest BCUT2D eigenvalue weighted by Crippen LogP contribution is 2.32. The van der Waals surface area contributed by atoms with Crippen LogP contribution in [0.3, 0.4) is 0 Å². The number of hydrogen-bond donors (Lipinski definition) is 1. The van der Waals surface area contributed by atoms with E-state index in [0.29, 0.717) is 17.9 Å². The second-order valence-electron chi connectivity index (χ2n) is 5.73. The first-order valence-electron chi connectivity index (χ1n) is 7.26. The summed E-state index contributed by atoms with van der Waals surface area (Å²) in [5.41, 5.74) is 0.702. The third kappa shape index (κ3) is 3.85. The van der Waals surface area contributed by atoms with Crippen LogP contribution in [0.4, 0.5) is 10.2 Å². The van der Waals surface area contributed by atoms with E-state index in [4.69, 9.17) is 0 Å². The van der Waals surface area contributed by atoms with E-state index in [1.54, 1.807) is 12.3 Å². The molecule has 0 aliphatic carbocycles. The van der Waals surface area contributed by atoms with E-state index in [1.165, 1.54) is 0 Å². The molecule has 1 N–H and O–H groups in total. The van der Waals surface area contributed by atoms with Crippen LogP contribution in [0.5, 0.6) is 0 Å². The first-order valence-corrected chi connectivity index (χ1v) is 8.25. The highest BCUT2D eigenvalue weighted by atomic mass is 32.2. The summed E-state index contributed by atoms with van der Waals surface area (Å²) in [6.45, 7) is 9.67. The van der Waals surface area contributed by atoms with Crippen LogP contribution in [0.2, 0.25) is 0 Å². The molecule has 2 heterocycles. The smallest absolute Gasteiger partial charge is 0.170 e. The number of aromatic nitrogens is 1. The van der Waals surface area contributed by atoms with Crippen molar-refractivity contribution in [3.8, 4) is 0 Å². The second kappa shape index (κ2) is 6.76. The summed E-state index contributed by atoms with van der Waals surface area (Å²) in [4.78, 5) is 6.36. The van der Waals surface area contributed by atoms with Crippen LogP contribution in [0.1, 0.15) is 32.8 Å². The number of halogens is 1. The summed E-state index contributed by atoms with van der Waals surface area (Å²) in [5.74, 6) is 1.36. The molecule has 0 radical (unpaired) electrons. The van der Waals surface area contributed by atoms with Gasteiger partial charge in [-0.05, 0) is 19.0 Å². The summed E-state index contributed by atoms with van der Waals surface area (Å²) in [6, 6.07) is 1.76. The lowest BCUT2D eigenvalue weighted by Gasteiger charge is -2.24. The van der Waals surface area contributed by atoms with E-state index < -0.39 is 0 Å². The standard InChI is InChI=1S/C15H24FN3S/c1-4-17-11-12-5-7-18-14(13(12)16)19-8-6-15(2,3)20-10-9-19/h5,7,17H,4,6,8-11H2,1-3H3. The SMILES string of the molecule is CCNCc1ccnc(N2CCSC(C)(C)CC2)c1F. The third-order valence-corrected chi connectivity index (χ3v) is 5.03. The summed E-state index contributed by atoms with van der Waals surface area (Å²) in [5, 5.41) is 3.17. The Morgan fingerprint density at radius 3 is 3.00 bits per heavy atom. The van der Waals surface area contributed by atoms with E-state index >= 15 is 0 Å². The normalized spacial score (nSPS) is 18.9. The molecule has 1 aliphatic rings. The number of thioether (sulfide) groups is 1. The lowest BCUT2D eigenvalue weighted by atomic mass is 10.1. The maximum absolute atomic E-state index is 14.6. The van der Waals surface area contributed by atoms with Crippen molar-refractivity contribution in [2.75, 3.05) is 30.3 Å². The van der Waals surface area contributed by atoms with Gasteiger partial charge in [0, 0.05) is 41.9 Å². The molecule has 1 aromatic rings. The molecule has 0 atom stereocenters. The Hall–Kier alpha value is -0.810. The lowest BCUT2D eigenvalue weighted by Crippen LogP contribution is -2.29. The van der Waals surface area contributed by atoms with Crippen LogP contribution in [-0.2, 0) is 6.54 Å². The Labute approximate surface area is 125 Å². The predicted octanol–water partition coefficient (Wildman–Crippen LogP) is 3.05.